The van der Waals surface area contributed by atoms with Gasteiger partial charge in [-0.15, -0.1) is 0 Å². The fourth-order valence-electron chi connectivity index (χ4n) is 3.58. The van der Waals surface area contributed by atoms with Crippen LogP contribution in [0.15, 0.2) is 53.3 Å². The van der Waals surface area contributed by atoms with E-state index in [1.54, 1.807) is 19.2 Å². The number of rotatable bonds is 6. The Labute approximate surface area is 195 Å². The highest BCUT2D eigenvalue weighted by Gasteiger charge is 2.22. The number of sulfonamides is 1. The summed E-state index contributed by atoms with van der Waals surface area (Å²) in [6.45, 7) is 8.17. The first-order chi connectivity index (χ1) is 15.4. The van der Waals surface area contributed by atoms with Crippen molar-refractivity contribution in [1.82, 2.24) is 4.98 Å². The first-order valence-corrected chi connectivity index (χ1v) is 12.5. The maximum atomic E-state index is 12.6. The summed E-state index contributed by atoms with van der Waals surface area (Å²) in [7, 11) is -1.68. The normalized spacial score (nSPS) is 12.2. The number of hydrogen-bond donors (Lipinski definition) is 2. The highest BCUT2D eigenvalue weighted by atomic mass is 32.2. The van der Waals surface area contributed by atoms with Gasteiger partial charge in [0, 0.05) is 28.1 Å². The molecule has 0 radical (unpaired) electrons. The van der Waals surface area contributed by atoms with Crippen molar-refractivity contribution in [3.8, 4) is 16.9 Å². The molecule has 0 saturated heterocycles. The Hall–Kier alpha value is -3.32. The summed E-state index contributed by atoms with van der Waals surface area (Å²) in [4.78, 5) is 15.5. The number of H-pyrrole nitrogens is 1. The van der Waals surface area contributed by atoms with E-state index < -0.39 is 10.0 Å². The molecule has 0 aliphatic carbocycles. The van der Waals surface area contributed by atoms with Gasteiger partial charge in [0.1, 0.15) is 5.75 Å². The van der Waals surface area contributed by atoms with Crippen LogP contribution in [0.25, 0.3) is 23.3 Å². The number of nitrogens with one attached hydrogen (secondary N) is 2. The molecule has 0 bridgehead atoms. The Balaban J connectivity index is 2.09. The second-order valence-corrected chi connectivity index (χ2v) is 10.9. The quantitative estimate of drug-likeness (QED) is 0.489. The zero-order valence-electron chi connectivity index (χ0n) is 19.8. The number of aromatic nitrogens is 1. The Bertz CT molecular complexity index is 1350. The predicted octanol–water partition coefficient (Wildman–Crippen LogP) is 5.20. The van der Waals surface area contributed by atoms with Crippen LogP contribution in [-0.4, -0.2) is 26.8 Å². The zero-order valence-corrected chi connectivity index (χ0v) is 20.6. The molecule has 6 nitrogen and oxygen atoms in total. The molecular formula is C26H30N2O4S. The summed E-state index contributed by atoms with van der Waals surface area (Å²) in [5.74, 6) is 0.751. The summed E-state index contributed by atoms with van der Waals surface area (Å²) >= 11 is 0. The first kappa shape index (κ1) is 24.3. The van der Waals surface area contributed by atoms with Crippen molar-refractivity contribution >= 4 is 27.9 Å². The van der Waals surface area contributed by atoms with E-state index >= 15 is 0 Å². The summed E-state index contributed by atoms with van der Waals surface area (Å²) in [5, 5.41) is 0. The molecule has 33 heavy (non-hydrogen) atoms. The standard InChI is InChI=1S/C26H30N2O4S/c1-17-7-14-22(25(29)27-17)20-15-19(24(32-5)23(16-20)26(2,3)4)11-8-18-9-12-21(13-10-18)28-33(6,30)31/h7-16,28H,1-6H3,(H,27,29). The van der Waals surface area contributed by atoms with E-state index in [1.165, 1.54) is 0 Å². The Morgan fingerprint density at radius 3 is 2.21 bits per heavy atom. The van der Waals surface area contributed by atoms with Crippen LogP contribution < -0.4 is 15.0 Å². The maximum absolute atomic E-state index is 12.6. The van der Waals surface area contributed by atoms with Crippen LogP contribution in [-0.2, 0) is 15.4 Å². The number of methoxy groups -OCH3 is 1. The van der Waals surface area contributed by atoms with Gasteiger partial charge in [-0.1, -0.05) is 45.1 Å². The van der Waals surface area contributed by atoms with Gasteiger partial charge in [-0.3, -0.25) is 9.52 Å². The Morgan fingerprint density at radius 1 is 1.00 bits per heavy atom. The van der Waals surface area contributed by atoms with E-state index in [2.05, 4.69) is 30.5 Å². The lowest BCUT2D eigenvalue weighted by molar-refractivity contribution is 0.397. The molecule has 0 fully saturated rings. The van der Waals surface area contributed by atoms with Gasteiger partial charge >= 0.3 is 0 Å². The average molecular weight is 467 g/mol. The molecule has 0 amide bonds. The van der Waals surface area contributed by atoms with E-state index in [9.17, 15) is 13.2 Å². The number of aromatic amines is 1. The van der Waals surface area contributed by atoms with Crippen molar-refractivity contribution in [2.45, 2.75) is 33.1 Å². The van der Waals surface area contributed by atoms with Gasteiger partial charge in [-0.2, -0.15) is 0 Å². The fourth-order valence-corrected chi connectivity index (χ4v) is 4.14. The molecular weight excluding hydrogens is 436 g/mol. The summed E-state index contributed by atoms with van der Waals surface area (Å²) in [6.07, 6.45) is 4.99. The van der Waals surface area contributed by atoms with Gasteiger partial charge in [0.2, 0.25) is 10.0 Å². The smallest absolute Gasteiger partial charge is 0.256 e. The van der Waals surface area contributed by atoms with Crippen LogP contribution in [0.2, 0.25) is 0 Å². The number of anilines is 1. The fraction of sp³-hybridized carbons (Fsp3) is 0.269. The molecule has 2 N–H and O–H groups in total. The third kappa shape index (κ3) is 6.14. The number of aryl methyl sites for hydroxylation is 1. The number of benzene rings is 2. The number of ether oxygens (including phenoxy) is 1. The van der Waals surface area contributed by atoms with E-state index in [0.717, 1.165) is 40.0 Å². The molecule has 0 spiro atoms. The van der Waals surface area contributed by atoms with Crippen LogP contribution in [0.5, 0.6) is 5.75 Å². The molecule has 0 unspecified atom stereocenters. The Morgan fingerprint density at radius 2 is 1.67 bits per heavy atom. The van der Waals surface area contributed by atoms with Gasteiger partial charge in [0.05, 0.1) is 13.4 Å². The first-order valence-electron chi connectivity index (χ1n) is 10.6. The summed E-state index contributed by atoms with van der Waals surface area (Å²) < 4.78 is 31.1. The van der Waals surface area contributed by atoms with Crippen molar-refractivity contribution in [2.75, 3.05) is 18.1 Å². The SMILES string of the molecule is COc1c(C=Cc2ccc(NS(C)(=O)=O)cc2)cc(-c2ccc(C)[nH]c2=O)cc1C(C)(C)C. The third-order valence-corrected chi connectivity index (χ3v) is 5.77. The molecule has 2 aromatic carbocycles. The van der Waals surface area contributed by atoms with Crippen LogP contribution >= 0.6 is 0 Å². The minimum atomic E-state index is -3.32. The molecule has 1 aromatic heterocycles. The van der Waals surface area contributed by atoms with Crippen molar-refractivity contribution in [3.63, 3.8) is 0 Å². The van der Waals surface area contributed by atoms with Crippen LogP contribution in [0.4, 0.5) is 5.69 Å². The topological polar surface area (TPSA) is 88.3 Å². The lowest BCUT2D eigenvalue weighted by atomic mass is 9.83. The summed E-state index contributed by atoms with van der Waals surface area (Å²) in [5.41, 5.74) is 5.11. The second-order valence-electron chi connectivity index (χ2n) is 9.11. The van der Waals surface area contributed by atoms with Crippen molar-refractivity contribution < 1.29 is 13.2 Å². The molecule has 0 aliphatic rings. The lowest BCUT2D eigenvalue weighted by Gasteiger charge is -2.24. The number of pyridine rings is 1. The van der Waals surface area contributed by atoms with Gasteiger partial charge in [-0.05, 0) is 59.9 Å². The molecule has 1 heterocycles. The summed E-state index contributed by atoms with van der Waals surface area (Å²) in [6, 6.07) is 14.8. The molecule has 174 valence electrons. The van der Waals surface area contributed by atoms with Crippen molar-refractivity contribution in [3.05, 3.63) is 81.3 Å². The predicted molar refractivity (Wildman–Crippen MR) is 136 cm³/mol. The van der Waals surface area contributed by atoms with E-state index in [4.69, 9.17) is 4.74 Å². The van der Waals surface area contributed by atoms with Gasteiger partial charge < -0.3 is 9.72 Å². The van der Waals surface area contributed by atoms with E-state index in [1.807, 2.05) is 55.5 Å². The van der Waals surface area contributed by atoms with Crippen molar-refractivity contribution in [1.29, 1.82) is 0 Å². The van der Waals surface area contributed by atoms with E-state index in [-0.39, 0.29) is 11.0 Å². The van der Waals surface area contributed by atoms with E-state index in [0.29, 0.717) is 11.3 Å². The molecule has 0 saturated carbocycles. The van der Waals surface area contributed by atoms with Crippen LogP contribution in [0, 0.1) is 6.92 Å². The van der Waals surface area contributed by atoms with Gasteiger partial charge in [-0.25, -0.2) is 8.42 Å². The Kier molecular flexibility index (Phi) is 6.84. The average Bonchev–Trinajstić information content (AvgIpc) is 2.71. The molecule has 0 atom stereocenters. The molecule has 3 aromatic rings. The monoisotopic (exact) mass is 466 g/mol. The van der Waals surface area contributed by atoms with Gasteiger partial charge in [0.15, 0.2) is 0 Å². The molecule has 7 heteroatoms. The highest BCUT2D eigenvalue weighted by molar-refractivity contribution is 7.92. The maximum Gasteiger partial charge on any atom is 0.256 e. The second kappa shape index (κ2) is 9.27. The minimum absolute atomic E-state index is 0.135. The molecule has 0 aliphatic heterocycles. The van der Waals surface area contributed by atoms with Crippen molar-refractivity contribution in [2.24, 2.45) is 0 Å². The zero-order chi connectivity index (χ0) is 24.4. The lowest BCUT2D eigenvalue weighted by Crippen LogP contribution is -2.15. The van der Waals surface area contributed by atoms with Crippen LogP contribution in [0.1, 0.15) is 43.2 Å². The van der Waals surface area contributed by atoms with Crippen LogP contribution in [0.3, 0.4) is 0 Å². The largest absolute Gasteiger partial charge is 0.496 e. The third-order valence-electron chi connectivity index (χ3n) is 5.17. The highest BCUT2D eigenvalue weighted by Crippen LogP contribution is 2.38. The number of hydrogen-bond acceptors (Lipinski definition) is 4. The molecule has 3 rings (SSSR count). The minimum Gasteiger partial charge on any atom is -0.496 e. The van der Waals surface area contributed by atoms with Gasteiger partial charge in [0.25, 0.3) is 5.56 Å².